The fraction of sp³-hybridized carbons (Fsp3) is 0.409. The highest BCUT2D eigenvalue weighted by Crippen LogP contribution is 2.53. The topological polar surface area (TPSA) is 29.5 Å². The number of carbonyl (C=O) groups excluding carboxylic acids is 1. The first kappa shape index (κ1) is 18.8. The largest absolute Gasteiger partial charge is 0.497 e. The Balaban J connectivity index is 1.51. The van der Waals surface area contributed by atoms with Crippen molar-refractivity contribution < 1.29 is 22.7 Å². The van der Waals surface area contributed by atoms with Crippen LogP contribution in [0.15, 0.2) is 48.5 Å². The van der Waals surface area contributed by atoms with E-state index >= 15 is 0 Å². The molecule has 3 unspecified atom stereocenters. The maximum atomic E-state index is 13.3. The third kappa shape index (κ3) is 3.48. The number of hydrogen-bond acceptors (Lipinski definition) is 2. The Bertz CT molecular complexity index is 863. The number of benzene rings is 2. The second-order valence-electron chi connectivity index (χ2n) is 7.50. The fourth-order valence-corrected chi connectivity index (χ4v) is 4.31. The number of amides is 1. The minimum atomic E-state index is -4.40. The molecule has 0 radical (unpaired) electrons. The number of methoxy groups -OCH3 is 1. The van der Waals surface area contributed by atoms with Gasteiger partial charge in [-0.1, -0.05) is 30.3 Å². The molecular formula is C22H22F3NO2. The summed E-state index contributed by atoms with van der Waals surface area (Å²) in [6, 6.07) is 13.3. The third-order valence-electron chi connectivity index (χ3n) is 5.81. The SMILES string of the molecule is COc1ccc(C2CCCN2C(=O)C2CC2c2ccccc2C(F)(F)F)cc1. The van der Waals surface area contributed by atoms with Gasteiger partial charge in [0.05, 0.1) is 18.7 Å². The summed E-state index contributed by atoms with van der Waals surface area (Å²) in [5, 5.41) is 0. The maximum Gasteiger partial charge on any atom is 0.416 e. The molecule has 28 heavy (non-hydrogen) atoms. The number of halogens is 3. The van der Waals surface area contributed by atoms with E-state index in [9.17, 15) is 18.0 Å². The molecule has 1 heterocycles. The summed E-state index contributed by atoms with van der Waals surface area (Å²) in [5.41, 5.74) is 0.663. The monoisotopic (exact) mass is 389 g/mol. The molecule has 2 fully saturated rings. The minimum Gasteiger partial charge on any atom is -0.497 e. The van der Waals surface area contributed by atoms with Gasteiger partial charge in [-0.05, 0) is 54.5 Å². The summed E-state index contributed by atoms with van der Waals surface area (Å²) < 4.78 is 45.1. The number of likely N-dealkylation sites (tertiary alicyclic amines) is 1. The Morgan fingerprint density at radius 1 is 1.11 bits per heavy atom. The minimum absolute atomic E-state index is 0.0162. The van der Waals surface area contributed by atoms with Crippen LogP contribution in [0.1, 0.15) is 47.9 Å². The molecule has 2 aromatic carbocycles. The van der Waals surface area contributed by atoms with Crippen LogP contribution in [0, 0.1) is 5.92 Å². The second kappa shape index (κ2) is 7.15. The van der Waals surface area contributed by atoms with E-state index in [2.05, 4.69) is 0 Å². The van der Waals surface area contributed by atoms with Gasteiger partial charge in [0.25, 0.3) is 0 Å². The Morgan fingerprint density at radius 2 is 1.82 bits per heavy atom. The van der Waals surface area contributed by atoms with Gasteiger partial charge in [-0.25, -0.2) is 0 Å². The molecule has 0 bridgehead atoms. The van der Waals surface area contributed by atoms with Crippen LogP contribution in [0.3, 0.4) is 0 Å². The summed E-state index contributed by atoms with van der Waals surface area (Å²) in [6.07, 6.45) is -2.14. The van der Waals surface area contributed by atoms with Crippen LogP contribution in [0.4, 0.5) is 13.2 Å². The van der Waals surface area contributed by atoms with E-state index in [-0.39, 0.29) is 29.3 Å². The van der Waals surface area contributed by atoms with E-state index in [0.717, 1.165) is 30.2 Å². The first-order valence-electron chi connectivity index (χ1n) is 9.50. The summed E-state index contributed by atoms with van der Waals surface area (Å²) in [6.45, 7) is 0.652. The molecule has 3 nitrogen and oxygen atoms in total. The van der Waals surface area contributed by atoms with Gasteiger partial charge >= 0.3 is 6.18 Å². The number of ether oxygens (including phenoxy) is 1. The van der Waals surface area contributed by atoms with Gasteiger partial charge in [-0.2, -0.15) is 13.2 Å². The van der Waals surface area contributed by atoms with E-state index in [4.69, 9.17) is 4.74 Å². The quantitative estimate of drug-likeness (QED) is 0.721. The Hall–Kier alpha value is -2.50. The average Bonchev–Trinajstić information content (AvgIpc) is 3.34. The second-order valence-corrected chi connectivity index (χ2v) is 7.50. The van der Waals surface area contributed by atoms with Gasteiger partial charge in [0, 0.05) is 12.5 Å². The number of rotatable bonds is 4. The Labute approximate surface area is 162 Å². The predicted octanol–water partition coefficient (Wildman–Crippen LogP) is 5.18. The van der Waals surface area contributed by atoms with Crippen LogP contribution < -0.4 is 4.74 Å². The van der Waals surface area contributed by atoms with Gasteiger partial charge in [0.15, 0.2) is 0 Å². The summed E-state index contributed by atoms with van der Waals surface area (Å²) in [7, 11) is 1.60. The third-order valence-corrected chi connectivity index (χ3v) is 5.81. The lowest BCUT2D eigenvalue weighted by Gasteiger charge is -2.25. The van der Waals surface area contributed by atoms with Crippen LogP contribution in [0.2, 0.25) is 0 Å². The summed E-state index contributed by atoms with van der Waals surface area (Å²) in [4.78, 5) is 14.9. The van der Waals surface area contributed by atoms with Crippen LogP contribution >= 0.6 is 0 Å². The van der Waals surface area contributed by atoms with Gasteiger partial charge in [-0.3, -0.25) is 4.79 Å². The van der Waals surface area contributed by atoms with Crippen molar-refractivity contribution in [2.24, 2.45) is 5.92 Å². The molecule has 6 heteroatoms. The highest BCUT2D eigenvalue weighted by molar-refractivity contribution is 5.84. The van der Waals surface area contributed by atoms with E-state index < -0.39 is 11.7 Å². The van der Waals surface area contributed by atoms with Gasteiger partial charge in [0.1, 0.15) is 5.75 Å². The number of carbonyl (C=O) groups is 1. The van der Waals surface area contributed by atoms with Crippen molar-refractivity contribution in [1.82, 2.24) is 4.90 Å². The lowest BCUT2D eigenvalue weighted by atomic mass is 10.0. The van der Waals surface area contributed by atoms with Crippen molar-refractivity contribution in [3.05, 3.63) is 65.2 Å². The molecule has 1 saturated heterocycles. The molecule has 0 aromatic heterocycles. The molecule has 0 N–H and O–H groups in total. The molecule has 4 rings (SSSR count). The van der Waals surface area contributed by atoms with Gasteiger partial charge in [0.2, 0.25) is 5.91 Å². The lowest BCUT2D eigenvalue weighted by Crippen LogP contribution is -2.32. The van der Waals surface area contributed by atoms with Crippen LogP contribution in [-0.2, 0) is 11.0 Å². The Morgan fingerprint density at radius 3 is 2.50 bits per heavy atom. The Kier molecular flexibility index (Phi) is 4.81. The summed E-state index contributed by atoms with van der Waals surface area (Å²) >= 11 is 0. The van der Waals surface area contributed by atoms with Crippen LogP contribution in [-0.4, -0.2) is 24.5 Å². The molecule has 1 amide bonds. The number of nitrogens with zero attached hydrogens (tertiary/aromatic N) is 1. The molecule has 1 aliphatic carbocycles. The molecule has 1 saturated carbocycles. The number of alkyl halides is 3. The number of hydrogen-bond donors (Lipinski definition) is 0. The first-order valence-corrected chi connectivity index (χ1v) is 9.50. The molecule has 148 valence electrons. The average molecular weight is 389 g/mol. The fourth-order valence-electron chi connectivity index (χ4n) is 4.31. The van der Waals surface area contributed by atoms with Crippen LogP contribution in [0.25, 0.3) is 0 Å². The lowest BCUT2D eigenvalue weighted by molar-refractivity contribution is -0.139. The van der Waals surface area contributed by atoms with Crippen LogP contribution in [0.5, 0.6) is 5.75 Å². The zero-order valence-electron chi connectivity index (χ0n) is 15.6. The highest BCUT2D eigenvalue weighted by atomic mass is 19.4. The van der Waals surface area contributed by atoms with E-state index in [1.54, 1.807) is 13.2 Å². The van der Waals surface area contributed by atoms with E-state index in [0.29, 0.717) is 13.0 Å². The van der Waals surface area contributed by atoms with E-state index in [1.807, 2.05) is 29.2 Å². The normalized spacial score (nSPS) is 24.3. The molecule has 0 spiro atoms. The molecule has 2 aliphatic rings. The van der Waals surface area contributed by atoms with Crippen molar-refractivity contribution in [2.45, 2.75) is 37.4 Å². The van der Waals surface area contributed by atoms with Crippen molar-refractivity contribution in [3.63, 3.8) is 0 Å². The van der Waals surface area contributed by atoms with Crippen molar-refractivity contribution in [3.8, 4) is 5.75 Å². The first-order chi connectivity index (χ1) is 13.4. The van der Waals surface area contributed by atoms with Crippen molar-refractivity contribution >= 4 is 5.91 Å². The van der Waals surface area contributed by atoms with Gasteiger partial charge < -0.3 is 9.64 Å². The van der Waals surface area contributed by atoms with Crippen molar-refractivity contribution in [1.29, 1.82) is 0 Å². The van der Waals surface area contributed by atoms with Gasteiger partial charge in [-0.15, -0.1) is 0 Å². The molecule has 3 atom stereocenters. The zero-order chi connectivity index (χ0) is 19.9. The maximum absolute atomic E-state index is 13.3. The molecule has 1 aliphatic heterocycles. The zero-order valence-corrected chi connectivity index (χ0v) is 15.6. The summed E-state index contributed by atoms with van der Waals surface area (Å²) in [5.74, 6) is 0.0238. The molecule has 2 aromatic rings. The predicted molar refractivity (Wildman–Crippen MR) is 99.0 cm³/mol. The molecular weight excluding hydrogens is 367 g/mol. The smallest absolute Gasteiger partial charge is 0.416 e. The van der Waals surface area contributed by atoms with E-state index in [1.165, 1.54) is 12.1 Å². The van der Waals surface area contributed by atoms with Crippen molar-refractivity contribution in [2.75, 3.05) is 13.7 Å². The standard InChI is InChI=1S/C22H22F3NO2/c1-28-15-10-8-14(9-11-15)20-7-4-12-26(20)21(27)18-13-17(18)16-5-2-3-6-19(16)22(23,24)25/h2-3,5-6,8-11,17-18,20H,4,7,12-13H2,1H3. The highest BCUT2D eigenvalue weighted by Gasteiger charge is 2.50.